The first-order valence-electron chi connectivity index (χ1n) is 5.77. The van der Waals surface area contributed by atoms with Crippen molar-refractivity contribution in [3.8, 4) is 0 Å². The zero-order valence-electron chi connectivity index (χ0n) is 9.30. The second-order valence-corrected chi connectivity index (χ2v) is 4.20. The third-order valence-corrected chi connectivity index (χ3v) is 2.73. The number of allylic oxidation sites excluding steroid dienone is 1. The van der Waals surface area contributed by atoms with Crippen molar-refractivity contribution in [2.75, 3.05) is 13.2 Å². The molecule has 2 nitrogen and oxygen atoms in total. The number of hydrogen-bond acceptors (Lipinski definition) is 2. The Bertz CT molecular complexity index is 152. The van der Waals surface area contributed by atoms with Crippen molar-refractivity contribution in [1.82, 2.24) is 5.32 Å². The van der Waals surface area contributed by atoms with Gasteiger partial charge < -0.3 is 10.1 Å². The summed E-state index contributed by atoms with van der Waals surface area (Å²) in [5.41, 5.74) is 0. The fraction of sp³-hybridized carbons (Fsp3) is 0.833. The molecule has 0 bridgehead atoms. The van der Waals surface area contributed by atoms with Crippen LogP contribution in [0.5, 0.6) is 0 Å². The highest BCUT2D eigenvalue weighted by molar-refractivity contribution is 4.75. The molecule has 0 aromatic rings. The quantitative estimate of drug-likeness (QED) is 0.522. The second kappa shape index (κ2) is 7.02. The lowest BCUT2D eigenvalue weighted by Crippen LogP contribution is -2.41. The summed E-state index contributed by atoms with van der Waals surface area (Å²) in [6.07, 6.45) is 8.08. The van der Waals surface area contributed by atoms with Gasteiger partial charge in [-0.1, -0.05) is 6.08 Å². The molecule has 82 valence electrons. The van der Waals surface area contributed by atoms with Gasteiger partial charge in [-0.3, -0.25) is 0 Å². The summed E-state index contributed by atoms with van der Waals surface area (Å²) >= 11 is 0. The molecular weight excluding hydrogens is 174 g/mol. The highest BCUT2D eigenvalue weighted by Crippen LogP contribution is 2.08. The van der Waals surface area contributed by atoms with E-state index in [1.165, 1.54) is 25.7 Å². The minimum atomic E-state index is 0.586. The number of hydrogen-bond donors (Lipinski definition) is 1. The summed E-state index contributed by atoms with van der Waals surface area (Å²) in [5, 5.41) is 3.62. The van der Waals surface area contributed by atoms with E-state index in [0.717, 1.165) is 19.6 Å². The Morgan fingerprint density at radius 2 is 2.50 bits per heavy atom. The molecule has 1 heterocycles. The maximum atomic E-state index is 5.43. The van der Waals surface area contributed by atoms with Crippen LogP contribution in [0, 0.1) is 0 Å². The van der Waals surface area contributed by atoms with Gasteiger partial charge in [0.15, 0.2) is 0 Å². The Kier molecular flexibility index (Phi) is 5.88. The van der Waals surface area contributed by atoms with Crippen LogP contribution in [0.25, 0.3) is 0 Å². The van der Waals surface area contributed by atoms with Crippen LogP contribution in [0.3, 0.4) is 0 Å². The van der Waals surface area contributed by atoms with Crippen LogP contribution in [0.4, 0.5) is 0 Å². The summed E-state index contributed by atoms with van der Waals surface area (Å²) in [7, 11) is 0. The SMILES string of the molecule is C=CCCCC(C)NC1CCCOC1. The van der Waals surface area contributed by atoms with Crippen LogP contribution >= 0.6 is 0 Å². The molecule has 0 aliphatic carbocycles. The average Bonchev–Trinajstić information content (AvgIpc) is 2.20. The molecule has 1 saturated heterocycles. The number of ether oxygens (including phenoxy) is 1. The Morgan fingerprint density at radius 3 is 3.14 bits per heavy atom. The van der Waals surface area contributed by atoms with Gasteiger partial charge in [-0.05, 0) is 39.0 Å². The van der Waals surface area contributed by atoms with E-state index < -0.39 is 0 Å². The summed E-state index contributed by atoms with van der Waals surface area (Å²) < 4.78 is 5.43. The van der Waals surface area contributed by atoms with E-state index in [-0.39, 0.29) is 0 Å². The normalized spacial score (nSPS) is 24.5. The molecule has 1 rings (SSSR count). The third-order valence-electron chi connectivity index (χ3n) is 2.73. The van der Waals surface area contributed by atoms with Crippen molar-refractivity contribution in [2.24, 2.45) is 0 Å². The highest BCUT2D eigenvalue weighted by Gasteiger charge is 2.15. The average molecular weight is 197 g/mol. The fourth-order valence-electron chi connectivity index (χ4n) is 1.93. The number of nitrogens with one attached hydrogen (secondary N) is 1. The summed E-state index contributed by atoms with van der Waals surface area (Å²) in [6.45, 7) is 7.84. The zero-order valence-corrected chi connectivity index (χ0v) is 9.30. The smallest absolute Gasteiger partial charge is 0.0619 e. The second-order valence-electron chi connectivity index (χ2n) is 4.20. The van der Waals surface area contributed by atoms with E-state index in [2.05, 4.69) is 18.8 Å². The number of rotatable bonds is 6. The molecule has 1 fully saturated rings. The Morgan fingerprint density at radius 1 is 1.64 bits per heavy atom. The van der Waals surface area contributed by atoms with Crippen molar-refractivity contribution in [3.63, 3.8) is 0 Å². The lowest BCUT2D eigenvalue weighted by molar-refractivity contribution is 0.0666. The maximum Gasteiger partial charge on any atom is 0.0619 e. The first-order valence-corrected chi connectivity index (χ1v) is 5.77. The summed E-state index contributed by atoms with van der Waals surface area (Å²) in [6, 6.07) is 1.20. The van der Waals surface area contributed by atoms with Gasteiger partial charge in [-0.15, -0.1) is 6.58 Å². The van der Waals surface area contributed by atoms with Crippen molar-refractivity contribution >= 4 is 0 Å². The van der Waals surface area contributed by atoms with Crippen molar-refractivity contribution < 1.29 is 4.74 Å². The molecule has 0 spiro atoms. The van der Waals surface area contributed by atoms with E-state index >= 15 is 0 Å². The molecule has 0 aromatic heterocycles. The van der Waals surface area contributed by atoms with Crippen LogP contribution in [-0.4, -0.2) is 25.3 Å². The molecule has 0 saturated carbocycles. The van der Waals surface area contributed by atoms with Crippen LogP contribution in [0.15, 0.2) is 12.7 Å². The van der Waals surface area contributed by atoms with Crippen molar-refractivity contribution in [2.45, 2.75) is 51.1 Å². The molecule has 1 aliphatic rings. The lowest BCUT2D eigenvalue weighted by atomic mass is 10.1. The Labute approximate surface area is 87.7 Å². The van der Waals surface area contributed by atoms with Gasteiger partial charge in [0.2, 0.25) is 0 Å². The topological polar surface area (TPSA) is 21.3 Å². The van der Waals surface area contributed by atoms with Crippen LogP contribution in [0.2, 0.25) is 0 Å². The molecule has 2 unspecified atom stereocenters. The van der Waals surface area contributed by atoms with Gasteiger partial charge in [0.25, 0.3) is 0 Å². The van der Waals surface area contributed by atoms with Gasteiger partial charge in [-0.25, -0.2) is 0 Å². The van der Waals surface area contributed by atoms with Gasteiger partial charge >= 0.3 is 0 Å². The molecule has 0 aromatic carbocycles. The van der Waals surface area contributed by atoms with Crippen LogP contribution < -0.4 is 5.32 Å². The highest BCUT2D eigenvalue weighted by atomic mass is 16.5. The third kappa shape index (κ3) is 4.77. The Hall–Kier alpha value is -0.340. The molecular formula is C12H23NO. The summed E-state index contributed by atoms with van der Waals surface area (Å²) in [5.74, 6) is 0. The van der Waals surface area contributed by atoms with E-state index in [1.54, 1.807) is 0 Å². The lowest BCUT2D eigenvalue weighted by Gasteiger charge is -2.26. The van der Waals surface area contributed by atoms with Crippen LogP contribution in [0.1, 0.15) is 39.0 Å². The maximum absolute atomic E-state index is 5.43. The van der Waals surface area contributed by atoms with E-state index in [4.69, 9.17) is 4.74 Å². The van der Waals surface area contributed by atoms with Gasteiger partial charge in [0.1, 0.15) is 0 Å². The molecule has 2 atom stereocenters. The molecule has 1 N–H and O–H groups in total. The molecule has 0 radical (unpaired) electrons. The van der Waals surface area contributed by atoms with Gasteiger partial charge in [0.05, 0.1) is 6.61 Å². The fourth-order valence-corrected chi connectivity index (χ4v) is 1.93. The summed E-state index contributed by atoms with van der Waals surface area (Å²) in [4.78, 5) is 0. The van der Waals surface area contributed by atoms with E-state index in [1.807, 2.05) is 6.08 Å². The van der Waals surface area contributed by atoms with E-state index in [9.17, 15) is 0 Å². The van der Waals surface area contributed by atoms with Gasteiger partial charge in [-0.2, -0.15) is 0 Å². The monoisotopic (exact) mass is 197 g/mol. The minimum absolute atomic E-state index is 0.586. The molecule has 0 amide bonds. The molecule has 14 heavy (non-hydrogen) atoms. The first kappa shape index (κ1) is 11.7. The largest absolute Gasteiger partial charge is 0.380 e. The number of unbranched alkanes of at least 4 members (excludes halogenated alkanes) is 1. The van der Waals surface area contributed by atoms with Crippen LogP contribution in [-0.2, 0) is 4.74 Å². The molecule has 2 heteroatoms. The van der Waals surface area contributed by atoms with Gasteiger partial charge in [0, 0.05) is 18.7 Å². The van der Waals surface area contributed by atoms with Crippen molar-refractivity contribution in [1.29, 1.82) is 0 Å². The van der Waals surface area contributed by atoms with Crippen molar-refractivity contribution in [3.05, 3.63) is 12.7 Å². The molecule has 1 aliphatic heterocycles. The van der Waals surface area contributed by atoms with E-state index in [0.29, 0.717) is 12.1 Å². The zero-order chi connectivity index (χ0) is 10.2. The predicted molar refractivity (Wildman–Crippen MR) is 60.5 cm³/mol. The standard InChI is InChI=1S/C12H23NO/c1-3-4-5-7-11(2)13-12-8-6-9-14-10-12/h3,11-13H,1,4-10H2,2H3. The minimum Gasteiger partial charge on any atom is -0.380 e. The Balaban J connectivity index is 2.05. The predicted octanol–water partition coefficient (Wildman–Crippen LogP) is 2.50. The first-order chi connectivity index (χ1) is 6.83.